The first kappa shape index (κ1) is 16.4. The fourth-order valence-electron chi connectivity index (χ4n) is 2.28. The molecule has 6 heteroatoms. The Balaban J connectivity index is 2.47. The van der Waals surface area contributed by atoms with E-state index in [0.717, 1.165) is 5.56 Å². The Labute approximate surface area is 134 Å². The van der Waals surface area contributed by atoms with E-state index in [2.05, 4.69) is 5.32 Å². The molecule has 0 radical (unpaired) electrons. The van der Waals surface area contributed by atoms with Crippen molar-refractivity contribution in [3.63, 3.8) is 0 Å². The Hall–Kier alpha value is -2.01. The van der Waals surface area contributed by atoms with Gasteiger partial charge in [-0.05, 0) is 38.5 Å². The molecule has 0 spiro atoms. The van der Waals surface area contributed by atoms with Crippen LogP contribution in [0.2, 0.25) is 5.02 Å². The molecule has 1 aromatic carbocycles. The van der Waals surface area contributed by atoms with Gasteiger partial charge in [0.2, 0.25) is 0 Å². The highest BCUT2D eigenvalue weighted by Crippen LogP contribution is 2.31. The monoisotopic (exact) mass is 322 g/mol. The molecule has 22 heavy (non-hydrogen) atoms. The number of amides is 2. The van der Waals surface area contributed by atoms with Crippen LogP contribution in [0.4, 0.5) is 4.79 Å². The highest BCUT2D eigenvalue weighted by atomic mass is 35.5. The first-order chi connectivity index (χ1) is 10.3. The largest absolute Gasteiger partial charge is 0.459 e. The van der Waals surface area contributed by atoms with Crippen LogP contribution in [0.15, 0.2) is 35.5 Å². The molecule has 118 valence electrons. The number of carbonyl (C=O) groups excluding carboxylic acids is 2. The van der Waals surface area contributed by atoms with Gasteiger partial charge in [0.25, 0.3) is 0 Å². The van der Waals surface area contributed by atoms with Crippen molar-refractivity contribution in [1.29, 1.82) is 0 Å². The summed E-state index contributed by atoms with van der Waals surface area (Å²) in [6, 6.07) is 6.21. The lowest BCUT2D eigenvalue weighted by Gasteiger charge is -2.33. The van der Waals surface area contributed by atoms with Gasteiger partial charge in [-0.15, -0.1) is 0 Å². The maximum Gasteiger partial charge on any atom is 0.338 e. The van der Waals surface area contributed by atoms with Crippen molar-refractivity contribution >= 4 is 23.6 Å². The molecule has 0 saturated carbocycles. The third-order valence-corrected chi connectivity index (χ3v) is 3.77. The fraction of sp³-hybridized carbons (Fsp3) is 0.375. The van der Waals surface area contributed by atoms with Crippen molar-refractivity contribution < 1.29 is 14.3 Å². The van der Waals surface area contributed by atoms with E-state index in [4.69, 9.17) is 16.3 Å². The minimum atomic E-state index is -0.549. The summed E-state index contributed by atoms with van der Waals surface area (Å²) in [6.45, 7) is 5.31. The maximum atomic E-state index is 12.4. The summed E-state index contributed by atoms with van der Waals surface area (Å²) in [4.78, 5) is 25.9. The van der Waals surface area contributed by atoms with E-state index in [1.165, 1.54) is 4.90 Å². The van der Waals surface area contributed by atoms with E-state index in [1.807, 2.05) is 0 Å². The number of hydrogen-bond donors (Lipinski definition) is 1. The van der Waals surface area contributed by atoms with Gasteiger partial charge in [0.1, 0.15) is 0 Å². The zero-order valence-corrected chi connectivity index (χ0v) is 13.8. The summed E-state index contributed by atoms with van der Waals surface area (Å²) in [5.41, 5.74) is 1.79. The van der Waals surface area contributed by atoms with E-state index in [1.54, 1.807) is 52.1 Å². The van der Waals surface area contributed by atoms with Crippen molar-refractivity contribution in [1.82, 2.24) is 10.2 Å². The first-order valence-corrected chi connectivity index (χ1v) is 7.40. The summed E-state index contributed by atoms with van der Waals surface area (Å²) >= 11 is 5.90. The zero-order chi connectivity index (χ0) is 16.4. The quantitative estimate of drug-likeness (QED) is 0.869. The highest BCUT2D eigenvalue weighted by molar-refractivity contribution is 6.30. The third-order valence-electron chi connectivity index (χ3n) is 3.52. The minimum absolute atomic E-state index is 0.235. The van der Waals surface area contributed by atoms with Crippen LogP contribution in [0.25, 0.3) is 0 Å². The lowest BCUT2D eigenvalue weighted by atomic mass is 9.95. The average molecular weight is 323 g/mol. The summed E-state index contributed by atoms with van der Waals surface area (Å²) < 4.78 is 5.32. The van der Waals surface area contributed by atoms with Crippen LogP contribution in [0.3, 0.4) is 0 Å². The van der Waals surface area contributed by atoms with Crippen LogP contribution in [0.1, 0.15) is 32.4 Å². The van der Waals surface area contributed by atoms with Gasteiger partial charge in [0.05, 0.1) is 17.7 Å². The van der Waals surface area contributed by atoms with Crippen LogP contribution >= 0.6 is 11.6 Å². The molecule has 2 amide bonds. The maximum absolute atomic E-state index is 12.4. The van der Waals surface area contributed by atoms with E-state index in [9.17, 15) is 9.59 Å². The number of nitrogens with zero attached hydrogens (tertiary/aromatic N) is 1. The summed E-state index contributed by atoms with van der Waals surface area (Å²) in [6.07, 6.45) is -0.235. The molecule has 1 aliphatic heterocycles. The van der Waals surface area contributed by atoms with Crippen molar-refractivity contribution in [3.8, 4) is 0 Å². The lowest BCUT2D eigenvalue weighted by Crippen LogP contribution is -2.46. The molecule has 1 heterocycles. The van der Waals surface area contributed by atoms with Crippen LogP contribution in [0.5, 0.6) is 0 Å². The minimum Gasteiger partial charge on any atom is -0.459 e. The van der Waals surface area contributed by atoms with E-state index < -0.39 is 12.0 Å². The van der Waals surface area contributed by atoms with Gasteiger partial charge in [-0.3, -0.25) is 0 Å². The molecule has 0 fully saturated rings. The lowest BCUT2D eigenvalue weighted by molar-refractivity contribution is -0.143. The number of benzene rings is 1. The molecule has 0 aromatic heterocycles. The van der Waals surface area contributed by atoms with E-state index >= 15 is 0 Å². The Morgan fingerprint density at radius 3 is 2.45 bits per heavy atom. The Morgan fingerprint density at radius 2 is 1.91 bits per heavy atom. The van der Waals surface area contributed by atoms with Gasteiger partial charge in [0.15, 0.2) is 0 Å². The molecule has 1 aromatic rings. The number of rotatable bonds is 3. The molecule has 5 nitrogen and oxygen atoms in total. The smallest absolute Gasteiger partial charge is 0.338 e. The molecular weight excluding hydrogens is 304 g/mol. The predicted molar refractivity (Wildman–Crippen MR) is 84.4 cm³/mol. The number of halogens is 1. The van der Waals surface area contributed by atoms with Crippen molar-refractivity contribution in [2.45, 2.75) is 32.9 Å². The second-order valence-corrected chi connectivity index (χ2v) is 5.88. The number of carbonyl (C=O) groups is 2. The molecular formula is C16H19ClN2O3. The SMILES string of the molecule is CC1=C(C(=O)OC(C)C)[C@@H](c2ccc(Cl)cc2)NC(=O)N1C. The standard InChI is InChI=1S/C16H19ClN2O3/c1-9(2)22-15(20)13-10(3)19(4)16(21)18-14(13)11-5-7-12(17)8-6-11/h5-9,14H,1-4H3,(H,18,21)/t14-/m1/s1. The molecule has 0 bridgehead atoms. The molecule has 0 aliphatic carbocycles. The fourth-order valence-corrected chi connectivity index (χ4v) is 2.41. The number of esters is 1. The van der Waals surface area contributed by atoms with Gasteiger partial charge in [-0.2, -0.15) is 0 Å². The Bertz CT molecular complexity index is 623. The van der Waals surface area contributed by atoms with E-state index in [-0.39, 0.29) is 12.1 Å². The van der Waals surface area contributed by atoms with Crippen LogP contribution in [0, 0.1) is 0 Å². The van der Waals surface area contributed by atoms with Crippen LogP contribution < -0.4 is 5.32 Å². The number of nitrogens with one attached hydrogen (secondary N) is 1. The molecule has 1 atom stereocenters. The van der Waals surface area contributed by atoms with Crippen molar-refractivity contribution in [2.24, 2.45) is 0 Å². The highest BCUT2D eigenvalue weighted by Gasteiger charge is 2.35. The predicted octanol–water partition coefficient (Wildman–Crippen LogP) is 3.26. The summed E-state index contributed by atoms with van der Waals surface area (Å²) in [5, 5.41) is 3.41. The van der Waals surface area contributed by atoms with Crippen molar-refractivity contribution in [3.05, 3.63) is 46.1 Å². The van der Waals surface area contributed by atoms with Crippen LogP contribution in [-0.2, 0) is 9.53 Å². The van der Waals surface area contributed by atoms with E-state index in [0.29, 0.717) is 16.3 Å². The van der Waals surface area contributed by atoms with Gasteiger partial charge >= 0.3 is 12.0 Å². The van der Waals surface area contributed by atoms with Gasteiger partial charge in [0, 0.05) is 17.8 Å². The van der Waals surface area contributed by atoms with Gasteiger partial charge < -0.3 is 15.0 Å². The first-order valence-electron chi connectivity index (χ1n) is 7.02. The zero-order valence-electron chi connectivity index (χ0n) is 13.0. The Morgan fingerprint density at radius 1 is 1.32 bits per heavy atom. The second-order valence-electron chi connectivity index (χ2n) is 5.45. The number of allylic oxidation sites excluding steroid dienone is 1. The van der Waals surface area contributed by atoms with Crippen LogP contribution in [-0.4, -0.2) is 30.1 Å². The van der Waals surface area contributed by atoms with Gasteiger partial charge in [-0.25, -0.2) is 9.59 Å². The molecule has 0 saturated heterocycles. The molecule has 0 unspecified atom stereocenters. The normalized spacial score (nSPS) is 18.5. The molecule has 2 rings (SSSR count). The molecule has 1 aliphatic rings. The molecule has 1 N–H and O–H groups in total. The number of ether oxygens (including phenoxy) is 1. The topological polar surface area (TPSA) is 58.6 Å². The summed E-state index contributed by atoms with van der Waals surface area (Å²) in [5.74, 6) is -0.431. The number of urea groups is 1. The third kappa shape index (κ3) is 3.25. The van der Waals surface area contributed by atoms with Crippen molar-refractivity contribution in [2.75, 3.05) is 7.05 Å². The average Bonchev–Trinajstić information content (AvgIpc) is 2.44. The second kappa shape index (κ2) is 6.40. The number of hydrogen-bond acceptors (Lipinski definition) is 3. The Kier molecular flexibility index (Phi) is 4.76. The summed E-state index contributed by atoms with van der Waals surface area (Å²) in [7, 11) is 1.62. The van der Waals surface area contributed by atoms with Gasteiger partial charge in [-0.1, -0.05) is 23.7 Å².